The van der Waals surface area contributed by atoms with Crippen LogP contribution >= 0.6 is 0 Å². The SMILES string of the molecule is CCn1nc(Cc2ccc(OC)c(OC)c2)nc1C1CC=CC1. The van der Waals surface area contributed by atoms with Gasteiger partial charge in [0.1, 0.15) is 5.82 Å². The monoisotopic (exact) mass is 313 g/mol. The predicted molar refractivity (Wildman–Crippen MR) is 89.2 cm³/mol. The molecule has 0 N–H and O–H groups in total. The summed E-state index contributed by atoms with van der Waals surface area (Å²) < 4.78 is 12.7. The third-order valence-electron chi connectivity index (χ3n) is 4.23. The topological polar surface area (TPSA) is 49.2 Å². The van der Waals surface area contributed by atoms with Gasteiger partial charge in [-0.2, -0.15) is 5.10 Å². The second kappa shape index (κ2) is 6.86. The molecule has 23 heavy (non-hydrogen) atoms. The van der Waals surface area contributed by atoms with Crippen molar-refractivity contribution in [2.45, 2.75) is 38.6 Å². The molecule has 0 saturated carbocycles. The van der Waals surface area contributed by atoms with E-state index < -0.39 is 0 Å². The molecule has 0 unspecified atom stereocenters. The van der Waals surface area contributed by atoms with E-state index in [4.69, 9.17) is 14.5 Å². The van der Waals surface area contributed by atoms with Crippen molar-refractivity contribution in [2.24, 2.45) is 0 Å². The number of hydrogen-bond donors (Lipinski definition) is 0. The summed E-state index contributed by atoms with van der Waals surface area (Å²) in [5, 5.41) is 4.67. The molecule has 0 radical (unpaired) electrons. The van der Waals surface area contributed by atoms with Gasteiger partial charge in [0.25, 0.3) is 0 Å². The molecule has 0 amide bonds. The standard InChI is InChI=1S/C18H23N3O2/c1-4-21-18(14-7-5-6-8-14)19-17(20-21)12-13-9-10-15(22-2)16(11-13)23-3/h5-6,9-11,14H,4,7-8,12H2,1-3H3. The molecule has 122 valence electrons. The van der Waals surface area contributed by atoms with Gasteiger partial charge in [0.05, 0.1) is 14.2 Å². The summed E-state index contributed by atoms with van der Waals surface area (Å²) in [4.78, 5) is 4.80. The lowest BCUT2D eigenvalue weighted by Crippen LogP contribution is -2.07. The van der Waals surface area contributed by atoms with Crippen molar-refractivity contribution in [3.8, 4) is 11.5 Å². The third-order valence-corrected chi connectivity index (χ3v) is 4.23. The highest BCUT2D eigenvalue weighted by Gasteiger charge is 2.20. The van der Waals surface area contributed by atoms with Crippen molar-refractivity contribution in [3.05, 3.63) is 47.6 Å². The van der Waals surface area contributed by atoms with Crippen LogP contribution < -0.4 is 9.47 Å². The van der Waals surface area contributed by atoms with E-state index in [1.807, 2.05) is 22.9 Å². The molecule has 1 aliphatic carbocycles. The zero-order valence-corrected chi connectivity index (χ0v) is 14.0. The van der Waals surface area contributed by atoms with Crippen molar-refractivity contribution in [1.82, 2.24) is 14.8 Å². The van der Waals surface area contributed by atoms with Gasteiger partial charge in [-0.15, -0.1) is 0 Å². The van der Waals surface area contributed by atoms with Crippen molar-refractivity contribution in [1.29, 1.82) is 0 Å². The Bertz CT molecular complexity index is 698. The minimum absolute atomic E-state index is 0.474. The predicted octanol–water partition coefficient (Wildman–Crippen LogP) is 3.34. The summed E-state index contributed by atoms with van der Waals surface area (Å²) in [5.41, 5.74) is 1.12. The van der Waals surface area contributed by atoms with E-state index >= 15 is 0 Å². The number of benzene rings is 1. The van der Waals surface area contributed by atoms with Crippen LogP contribution in [-0.4, -0.2) is 29.0 Å². The number of nitrogens with zero attached hydrogens (tertiary/aromatic N) is 3. The molecule has 5 heteroatoms. The van der Waals surface area contributed by atoms with Crippen molar-refractivity contribution in [3.63, 3.8) is 0 Å². The molecule has 1 aliphatic rings. The Morgan fingerprint density at radius 3 is 2.52 bits per heavy atom. The summed E-state index contributed by atoms with van der Waals surface area (Å²) in [7, 11) is 3.29. The van der Waals surface area contributed by atoms with E-state index in [-0.39, 0.29) is 0 Å². The van der Waals surface area contributed by atoms with Crippen LogP contribution in [0.4, 0.5) is 0 Å². The third kappa shape index (κ3) is 3.23. The fourth-order valence-electron chi connectivity index (χ4n) is 3.01. The van der Waals surface area contributed by atoms with Crippen molar-refractivity contribution >= 4 is 0 Å². The highest BCUT2D eigenvalue weighted by Crippen LogP contribution is 2.30. The first kappa shape index (κ1) is 15.6. The smallest absolute Gasteiger partial charge is 0.161 e. The normalized spacial score (nSPS) is 14.4. The Morgan fingerprint density at radius 2 is 1.87 bits per heavy atom. The maximum Gasteiger partial charge on any atom is 0.161 e. The molecule has 1 heterocycles. The molecule has 1 aromatic carbocycles. The number of aromatic nitrogens is 3. The summed E-state index contributed by atoms with van der Waals surface area (Å²) in [6.07, 6.45) is 7.28. The van der Waals surface area contributed by atoms with Gasteiger partial charge < -0.3 is 9.47 Å². The number of methoxy groups -OCH3 is 2. The van der Waals surface area contributed by atoms with Crippen LogP contribution in [-0.2, 0) is 13.0 Å². The van der Waals surface area contributed by atoms with Crippen LogP contribution in [0.25, 0.3) is 0 Å². The van der Waals surface area contributed by atoms with Gasteiger partial charge >= 0.3 is 0 Å². The molecule has 2 aromatic rings. The minimum atomic E-state index is 0.474. The van der Waals surface area contributed by atoms with Crippen molar-refractivity contribution < 1.29 is 9.47 Å². The summed E-state index contributed by atoms with van der Waals surface area (Å²) in [6, 6.07) is 5.94. The maximum absolute atomic E-state index is 5.37. The molecule has 0 atom stereocenters. The van der Waals surface area contributed by atoms with Crippen LogP contribution in [0.2, 0.25) is 0 Å². The number of ether oxygens (including phenoxy) is 2. The second-order valence-corrected chi connectivity index (χ2v) is 5.71. The van der Waals surface area contributed by atoms with Gasteiger partial charge in [-0.3, -0.25) is 0 Å². The van der Waals surface area contributed by atoms with E-state index in [2.05, 4.69) is 24.2 Å². The molecule has 0 fully saturated rings. The lowest BCUT2D eigenvalue weighted by molar-refractivity contribution is 0.354. The zero-order valence-electron chi connectivity index (χ0n) is 14.0. The quantitative estimate of drug-likeness (QED) is 0.768. The van der Waals surface area contributed by atoms with Gasteiger partial charge in [-0.25, -0.2) is 9.67 Å². The summed E-state index contributed by atoms with van der Waals surface area (Å²) in [6.45, 7) is 2.96. The highest BCUT2D eigenvalue weighted by atomic mass is 16.5. The fraction of sp³-hybridized carbons (Fsp3) is 0.444. The Labute approximate surface area is 136 Å². The number of aryl methyl sites for hydroxylation is 1. The van der Waals surface area contributed by atoms with Crippen LogP contribution in [0, 0.1) is 0 Å². The Kier molecular flexibility index (Phi) is 4.65. The average Bonchev–Trinajstić information content (AvgIpc) is 3.23. The largest absolute Gasteiger partial charge is 0.493 e. The van der Waals surface area contributed by atoms with E-state index in [1.165, 1.54) is 0 Å². The molecule has 1 aromatic heterocycles. The van der Waals surface area contributed by atoms with Gasteiger partial charge in [0, 0.05) is 18.9 Å². The molecule has 0 spiro atoms. The fourth-order valence-corrected chi connectivity index (χ4v) is 3.01. The lowest BCUT2D eigenvalue weighted by Gasteiger charge is -2.08. The summed E-state index contributed by atoms with van der Waals surface area (Å²) in [5.74, 6) is 3.91. The molecule has 3 rings (SSSR count). The Morgan fingerprint density at radius 1 is 1.13 bits per heavy atom. The van der Waals surface area contributed by atoms with Crippen LogP contribution in [0.3, 0.4) is 0 Å². The first-order valence-corrected chi connectivity index (χ1v) is 8.04. The lowest BCUT2D eigenvalue weighted by atomic mass is 10.1. The van der Waals surface area contributed by atoms with E-state index in [0.717, 1.165) is 48.1 Å². The van der Waals surface area contributed by atoms with Gasteiger partial charge in [-0.1, -0.05) is 18.2 Å². The molecule has 0 saturated heterocycles. The maximum atomic E-state index is 5.37. The van der Waals surface area contributed by atoms with Crippen LogP contribution in [0.1, 0.15) is 42.9 Å². The van der Waals surface area contributed by atoms with E-state index in [9.17, 15) is 0 Å². The number of allylic oxidation sites excluding steroid dienone is 2. The first-order valence-electron chi connectivity index (χ1n) is 8.04. The highest BCUT2D eigenvalue weighted by molar-refractivity contribution is 5.43. The molecular weight excluding hydrogens is 290 g/mol. The van der Waals surface area contributed by atoms with Crippen LogP contribution in [0.5, 0.6) is 11.5 Å². The van der Waals surface area contributed by atoms with E-state index in [1.54, 1.807) is 14.2 Å². The molecule has 5 nitrogen and oxygen atoms in total. The second-order valence-electron chi connectivity index (χ2n) is 5.71. The Balaban J connectivity index is 1.82. The molecule has 0 bridgehead atoms. The summed E-state index contributed by atoms with van der Waals surface area (Å²) >= 11 is 0. The van der Waals surface area contributed by atoms with Gasteiger partial charge in [0.15, 0.2) is 17.3 Å². The average molecular weight is 313 g/mol. The van der Waals surface area contributed by atoms with Crippen molar-refractivity contribution in [2.75, 3.05) is 14.2 Å². The van der Waals surface area contributed by atoms with Gasteiger partial charge in [-0.05, 0) is 37.5 Å². The molecular formula is C18H23N3O2. The number of hydrogen-bond acceptors (Lipinski definition) is 4. The minimum Gasteiger partial charge on any atom is -0.493 e. The first-order chi connectivity index (χ1) is 11.2. The number of rotatable bonds is 6. The zero-order chi connectivity index (χ0) is 16.2. The molecule has 0 aliphatic heterocycles. The van der Waals surface area contributed by atoms with E-state index in [0.29, 0.717) is 12.3 Å². The van der Waals surface area contributed by atoms with Gasteiger partial charge in [0.2, 0.25) is 0 Å². The van der Waals surface area contributed by atoms with Crippen LogP contribution in [0.15, 0.2) is 30.4 Å². The Hall–Kier alpha value is -2.30.